The van der Waals surface area contributed by atoms with E-state index in [1.165, 1.54) is 0 Å². The predicted molar refractivity (Wildman–Crippen MR) is 122 cm³/mol. The van der Waals surface area contributed by atoms with Crippen LogP contribution in [0, 0.1) is 12.8 Å². The highest BCUT2D eigenvalue weighted by molar-refractivity contribution is 5.86. The van der Waals surface area contributed by atoms with Gasteiger partial charge >= 0.3 is 5.63 Å². The van der Waals surface area contributed by atoms with Crippen molar-refractivity contribution in [3.63, 3.8) is 0 Å². The number of rotatable bonds is 3. The van der Waals surface area contributed by atoms with Crippen LogP contribution < -0.4 is 10.4 Å². The minimum absolute atomic E-state index is 0.0518. The SMILES string of the molecule is Cc1c(O[C@H](C)C(=O)N2CC[C@@]3(O)CCCC[C@H]3C2)ccc2c3c(c(=O)oc12)CCCC3. The predicted octanol–water partition coefficient (Wildman–Crippen LogP) is 3.90. The first-order valence-electron chi connectivity index (χ1n) is 12.1. The summed E-state index contributed by atoms with van der Waals surface area (Å²) in [6.45, 7) is 4.82. The Balaban J connectivity index is 1.35. The molecule has 5 rings (SSSR count). The number of hydrogen-bond donors (Lipinski definition) is 1. The van der Waals surface area contributed by atoms with Gasteiger partial charge in [0.1, 0.15) is 11.3 Å². The van der Waals surface area contributed by atoms with E-state index >= 15 is 0 Å². The third kappa shape index (κ3) is 3.62. The number of carbonyl (C=O) groups excluding carboxylic acids is 1. The van der Waals surface area contributed by atoms with Gasteiger partial charge in [0.25, 0.3) is 5.91 Å². The van der Waals surface area contributed by atoms with Crippen LogP contribution in [0.1, 0.15) is 68.6 Å². The molecule has 3 atom stereocenters. The zero-order valence-electron chi connectivity index (χ0n) is 19.1. The van der Waals surface area contributed by atoms with Gasteiger partial charge in [-0.1, -0.05) is 12.8 Å². The summed E-state index contributed by atoms with van der Waals surface area (Å²) in [7, 11) is 0. The van der Waals surface area contributed by atoms with Crippen molar-refractivity contribution in [3.8, 4) is 5.75 Å². The maximum Gasteiger partial charge on any atom is 0.339 e. The number of likely N-dealkylation sites (tertiary alicyclic amines) is 1. The van der Waals surface area contributed by atoms with Gasteiger partial charge in [0.2, 0.25) is 0 Å². The number of carbonyl (C=O) groups is 1. The van der Waals surface area contributed by atoms with Crippen LogP contribution in [0.5, 0.6) is 5.75 Å². The lowest BCUT2D eigenvalue weighted by molar-refractivity contribution is -0.149. The Morgan fingerprint density at radius 2 is 1.97 bits per heavy atom. The van der Waals surface area contributed by atoms with Crippen LogP contribution in [0.2, 0.25) is 0 Å². The first-order valence-corrected chi connectivity index (χ1v) is 12.1. The molecule has 0 radical (unpaired) electrons. The molecule has 2 aromatic rings. The lowest BCUT2D eigenvalue weighted by Gasteiger charge is -2.47. The Labute approximate surface area is 188 Å². The Morgan fingerprint density at radius 1 is 1.19 bits per heavy atom. The van der Waals surface area contributed by atoms with E-state index in [2.05, 4.69) is 0 Å². The molecule has 0 unspecified atom stereocenters. The summed E-state index contributed by atoms with van der Waals surface area (Å²) in [5, 5.41) is 11.9. The summed E-state index contributed by atoms with van der Waals surface area (Å²) in [6, 6.07) is 3.86. The maximum absolute atomic E-state index is 13.1. The van der Waals surface area contributed by atoms with E-state index in [0.29, 0.717) is 30.8 Å². The zero-order valence-corrected chi connectivity index (χ0v) is 19.1. The highest BCUT2D eigenvalue weighted by Crippen LogP contribution is 2.40. The highest BCUT2D eigenvalue weighted by atomic mass is 16.5. The Morgan fingerprint density at radius 3 is 2.78 bits per heavy atom. The molecule has 1 saturated carbocycles. The number of aryl methyl sites for hydroxylation is 2. The van der Waals surface area contributed by atoms with Gasteiger partial charge < -0.3 is 19.2 Å². The van der Waals surface area contributed by atoms with Gasteiger partial charge in [0.05, 0.1) is 5.60 Å². The molecule has 1 N–H and O–H groups in total. The van der Waals surface area contributed by atoms with Crippen molar-refractivity contribution in [1.82, 2.24) is 4.90 Å². The van der Waals surface area contributed by atoms with Crippen LogP contribution in [0.4, 0.5) is 0 Å². The first kappa shape index (κ1) is 21.5. The Hall–Kier alpha value is -2.34. The topological polar surface area (TPSA) is 80.0 Å². The van der Waals surface area contributed by atoms with Gasteiger partial charge in [0.15, 0.2) is 6.10 Å². The van der Waals surface area contributed by atoms with E-state index in [1.807, 2.05) is 24.0 Å². The van der Waals surface area contributed by atoms with Gasteiger partial charge in [-0.2, -0.15) is 0 Å². The molecule has 2 aliphatic carbocycles. The van der Waals surface area contributed by atoms with Crippen molar-refractivity contribution in [3.05, 3.63) is 39.2 Å². The summed E-state index contributed by atoms with van der Waals surface area (Å²) >= 11 is 0. The number of nitrogens with zero attached hydrogens (tertiary/aromatic N) is 1. The quantitative estimate of drug-likeness (QED) is 0.734. The van der Waals surface area contributed by atoms with Crippen molar-refractivity contribution < 1.29 is 19.1 Å². The smallest absolute Gasteiger partial charge is 0.339 e. The van der Waals surface area contributed by atoms with Crippen molar-refractivity contribution in [2.75, 3.05) is 13.1 Å². The molecule has 2 fully saturated rings. The molecule has 6 heteroatoms. The minimum atomic E-state index is -0.648. The second-order valence-corrected chi connectivity index (χ2v) is 9.96. The molecule has 6 nitrogen and oxygen atoms in total. The van der Waals surface area contributed by atoms with E-state index in [-0.39, 0.29) is 17.5 Å². The molecule has 1 amide bonds. The average molecular weight is 440 g/mol. The zero-order chi connectivity index (χ0) is 22.5. The molecule has 0 bridgehead atoms. The molecule has 32 heavy (non-hydrogen) atoms. The van der Waals surface area contributed by atoms with Crippen molar-refractivity contribution in [1.29, 1.82) is 0 Å². The standard InChI is InChI=1S/C26H33NO5/c1-16-22(11-10-20-19-8-3-4-9-21(19)25(29)32-23(16)20)31-17(2)24(28)27-14-13-26(30)12-6-5-7-18(26)15-27/h10-11,17-18,30H,3-9,12-15H2,1-2H3/t17-,18+,26+/m1/s1. The van der Waals surface area contributed by atoms with Crippen molar-refractivity contribution in [2.24, 2.45) is 5.92 Å². The van der Waals surface area contributed by atoms with Gasteiger partial charge in [-0.05, 0) is 76.5 Å². The van der Waals surface area contributed by atoms with Gasteiger partial charge in [-0.3, -0.25) is 4.79 Å². The third-order valence-electron chi connectivity index (χ3n) is 7.98. The largest absolute Gasteiger partial charge is 0.480 e. The van der Waals surface area contributed by atoms with E-state index in [0.717, 1.165) is 73.4 Å². The molecular formula is C26H33NO5. The van der Waals surface area contributed by atoms with Gasteiger partial charge in [0, 0.05) is 35.5 Å². The van der Waals surface area contributed by atoms with Gasteiger partial charge in [-0.15, -0.1) is 0 Å². The summed E-state index contributed by atoms with van der Waals surface area (Å²) in [5.74, 6) is 0.677. The molecule has 172 valence electrons. The van der Waals surface area contributed by atoms with Crippen molar-refractivity contribution >= 4 is 16.9 Å². The van der Waals surface area contributed by atoms with E-state index in [1.54, 1.807) is 6.92 Å². The van der Waals surface area contributed by atoms with Crippen LogP contribution in [0.3, 0.4) is 0 Å². The summed E-state index contributed by atoms with van der Waals surface area (Å²) in [6.07, 6.45) is 7.79. The van der Waals surface area contributed by atoms with Crippen molar-refractivity contribution in [2.45, 2.75) is 83.3 Å². The van der Waals surface area contributed by atoms with Crippen LogP contribution in [0.15, 0.2) is 21.3 Å². The first-order chi connectivity index (χ1) is 15.4. The molecule has 1 saturated heterocycles. The molecule has 3 aliphatic rings. The summed E-state index contributed by atoms with van der Waals surface area (Å²) < 4.78 is 11.8. The van der Waals surface area contributed by atoms with Crippen LogP contribution in [-0.4, -0.2) is 40.7 Å². The average Bonchev–Trinajstić information content (AvgIpc) is 2.80. The number of benzene rings is 1. The lowest BCUT2D eigenvalue weighted by atomic mass is 9.71. The molecule has 1 aromatic heterocycles. The second kappa shape index (κ2) is 8.22. The maximum atomic E-state index is 13.1. The fourth-order valence-corrected chi connectivity index (χ4v) is 6.02. The number of fused-ring (bicyclic) bond motifs is 4. The monoisotopic (exact) mass is 439 g/mol. The minimum Gasteiger partial charge on any atom is -0.480 e. The number of piperidine rings is 1. The van der Waals surface area contributed by atoms with Crippen LogP contribution >= 0.6 is 0 Å². The second-order valence-electron chi connectivity index (χ2n) is 9.96. The summed E-state index contributed by atoms with van der Waals surface area (Å²) in [5.41, 5.74) is 2.39. The molecule has 1 aromatic carbocycles. The number of aliphatic hydroxyl groups is 1. The fraction of sp³-hybridized carbons (Fsp3) is 0.615. The fourth-order valence-electron chi connectivity index (χ4n) is 6.02. The van der Waals surface area contributed by atoms with E-state index < -0.39 is 11.7 Å². The molecule has 0 spiro atoms. The Bertz CT molecular complexity index is 1110. The van der Waals surface area contributed by atoms with E-state index in [4.69, 9.17) is 9.15 Å². The Kier molecular flexibility index (Phi) is 5.52. The van der Waals surface area contributed by atoms with Crippen LogP contribution in [-0.2, 0) is 17.6 Å². The lowest BCUT2D eigenvalue weighted by Crippen LogP contribution is -2.56. The number of hydrogen-bond acceptors (Lipinski definition) is 5. The third-order valence-corrected chi connectivity index (χ3v) is 7.98. The number of amides is 1. The molecule has 2 heterocycles. The molecule has 1 aliphatic heterocycles. The highest BCUT2D eigenvalue weighted by Gasteiger charge is 2.44. The normalized spacial score (nSPS) is 26.3. The molecular weight excluding hydrogens is 406 g/mol. The van der Waals surface area contributed by atoms with E-state index in [9.17, 15) is 14.7 Å². The van der Waals surface area contributed by atoms with Gasteiger partial charge in [-0.25, -0.2) is 4.79 Å². The van der Waals surface area contributed by atoms with Crippen LogP contribution in [0.25, 0.3) is 11.0 Å². The number of ether oxygens (including phenoxy) is 1. The summed E-state index contributed by atoms with van der Waals surface area (Å²) in [4.78, 5) is 27.5.